The highest BCUT2D eigenvalue weighted by Crippen LogP contribution is 2.16. The number of rotatable bonds is 6. The summed E-state index contributed by atoms with van der Waals surface area (Å²) in [6.07, 6.45) is 0. The number of aromatic nitrogens is 1. The third kappa shape index (κ3) is 4.81. The highest BCUT2D eigenvalue weighted by molar-refractivity contribution is 7.99. The van der Waals surface area contributed by atoms with Crippen LogP contribution in [-0.2, 0) is 17.1 Å². The van der Waals surface area contributed by atoms with Crippen LogP contribution in [-0.4, -0.2) is 16.6 Å². The predicted octanol–water partition coefficient (Wildman–Crippen LogP) is 3.65. The number of hydrogen-bond donors (Lipinski definition) is 1. The van der Waals surface area contributed by atoms with Crippen LogP contribution in [0.2, 0.25) is 5.02 Å². The van der Waals surface area contributed by atoms with Crippen molar-refractivity contribution in [2.45, 2.75) is 19.2 Å². The Bertz CT molecular complexity index is 586. The van der Waals surface area contributed by atoms with Crippen LogP contribution < -0.4 is 5.32 Å². The van der Waals surface area contributed by atoms with Gasteiger partial charge in [0.05, 0.1) is 16.5 Å². The monoisotopic (exact) mass is 326 g/mol. The largest absolute Gasteiger partial charge is 0.351 e. The van der Waals surface area contributed by atoms with E-state index in [4.69, 9.17) is 11.6 Å². The van der Waals surface area contributed by atoms with Gasteiger partial charge in [0.2, 0.25) is 5.91 Å². The number of nitrogens with zero attached hydrogens (tertiary/aromatic N) is 1. The van der Waals surface area contributed by atoms with Gasteiger partial charge >= 0.3 is 0 Å². The van der Waals surface area contributed by atoms with Gasteiger partial charge in [-0.3, -0.25) is 4.79 Å². The molecule has 6 heteroatoms. The molecule has 1 amide bonds. The quantitative estimate of drug-likeness (QED) is 0.881. The van der Waals surface area contributed by atoms with Crippen molar-refractivity contribution in [1.82, 2.24) is 10.3 Å². The number of aryl methyl sites for hydroxylation is 1. The Morgan fingerprint density at radius 1 is 1.45 bits per heavy atom. The summed E-state index contributed by atoms with van der Waals surface area (Å²) in [4.78, 5) is 16.1. The number of nitrogens with one attached hydrogen (secondary N) is 1. The maximum absolute atomic E-state index is 11.7. The first-order chi connectivity index (χ1) is 9.65. The summed E-state index contributed by atoms with van der Waals surface area (Å²) in [5.41, 5.74) is 1.97. The second-order valence-corrected chi connectivity index (χ2v) is 6.67. The van der Waals surface area contributed by atoms with Gasteiger partial charge in [-0.15, -0.1) is 23.1 Å². The minimum absolute atomic E-state index is 0.0156. The van der Waals surface area contributed by atoms with Crippen molar-refractivity contribution in [3.63, 3.8) is 0 Å². The summed E-state index contributed by atoms with van der Waals surface area (Å²) in [6.45, 7) is 2.45. The van der Waals surface area contributed by atoms with Crippen LogP contribution in [0.25, 0.3) is 0 Å². The van der Waals surface area contributed by atoms with E-state index < -0.39 is 0 Å². The fourth-order valence-electron chi connectivity index (χ4n) is 1.61. The molecule has 0 radical (unpaired) electrons. The van der Waals surface area contributed by atoms with Crippen molar-refractivity contribution >= 4 is 40.6 Å². The minimum Gasteiger partial charge on any atom is -0.351 e. The first-order valence-corrected chi connectivity index (χ1v) is 8.55. The third-order valence-electron chi connectivity index (χ3n) is 2.58. The van der Waals surface area contributed by atoms with Crippen LogP contribution >= 0.6 is 34.7 Å². The van der Waals surface area contributed by atoms with E-state index in [9.17, 15) is 4.79 Å². The Labute approximate surface area is 131 Å². The Hall–Kier alpha value is -1.04. The minimum atomic E-state index is 0.0156. The zero-order valence-electron chi connectivity index (χ0n) is 11.1. The molecule has 0 bridgehead atoms. The summed E-state index contributed by atoms with van der Waals surface area (Å²) in [6, 6.07) is 7.52. The van der Waals surface area contributed by atoms with Gasteiger partial charge in [0.1, 0.15) is 0 Å². The lowest BCUT2D eigenvalue weighted by atomic mass is 10.2. The number of hydrogen-bond acceptors (Lipinski definition) is 4. The normalized spacial score (nSPS) is 10.5. The lowest BCUT2D eigenvalue weighted by molar-refractivity contribution is -0.118. The van der Waals surface area contributed by atoms with E-state index in [0.717, 1.165) is 22.0 Å². The van der Waals surface area contributed by atoms with Gasteiger partial charge in [0.15, 0.2) is 0 Å². The number of carbonyl (C=O) groups is 1. The smallest absolute Gasteiger partial charge is 0.230 e. The van der Waals surface area contributed by atoms with Crippen molar-refractivity contribution in [2.24, 2.45) is 0 Å². The summed E-state index contributed by atoms with van der Waals surface area (Å²) < 4.78 is 0. The van der Waals surface area contributed by atoms with Crippen molar-refractivity contribution in [3.8, 4) is 0 Å². The van der Waals surface area contributed by atoms with E-state index in [1.165, 1.54) is 0 Å². The molecule has 0 aliphatic heterocycles. The molecular formula is C14H15ClN2OS2. The maximum Gasteiger partial charge on any atom is 0.230 e. The van der Waals surface area contributed by atoms with E-state index in [1.54, 1.807) is 23.1 Å². The predicted molar refractivity (Wildman–Crippen MR) is 86.3 cm³/mol. The van der Waals surface area contributed by atoms with Gasteiger partial charge in [-0.25, -0.2) is 4.98 Å². The molecule has 0 saturated carbocycles. The number of halogens is 1. The summed E-state index contributed by atoms with van der Waals surface area (Å²) in [5, 5.41) is 6.64. The topological polar surface area (TPSA) is 42.0 Å². The number of amides is 1. The van der Waals surface area contributed by atoms with Crippen molar-refractivity contribution < 1.29 is 4.79 Å². The molecule has 1 heterocycles. The zero-order valence-corrected chi connectivity index (χ0v) is 13.4. The van der Waals surface area contributed by atoms with E-state index in [0.29, 0.717) is 17.3 Å². The van der Waals surface area contributed by atoms with Gasteiger partial charge in [0, 0.05) is 22.7 Å². The third-order valence-corrected chi connectivity index (χ3v) is 4.74. The van der Waals surface area contributed by atoms with E-state index >= 15 is 0 Å². The number of thiazole rings is 1. The van der Waals surface area contributed by atoms with Gasteiger partial charge in [-0.1, -0.05) is 29.8 Å². The van der Waals surface area contributed by atoms with E-state index in [-0.39, 0.29) is 5.91 Å². The molecule has 0 aliphatic carbocycles. The molecule has 1 aromatic heterocycles. The molecule has 3 nitrogen and oxygen atoms in total. The first-order valence-electron chi connectivity index (χ1n) is 6.14. The molecule has 0 atom stereocenters. The maximum atomic E-state index is 11.7. The number of thioether (sulfide) groups is 1. The Morgan fingerprint density at radius 2 is 2.25 bits per heavy atom. The highest BCUT2D eigenvalue weighted by Gasteiger charge is 2.05. The Kier molecular flexibility index (Phi) is 5.88. The van der Waals surface area contributed by atoms with E-state index in [2.05, 4.69) is 10.3 Å². The molecule has 2 rings (SSSR count). The van der Waals surface area contributed by atoms with Crippen LogP contribution in [0.3, 0.4) is 0 Å². The molecule has 0 spiro atoms. The Balaban J connectivity index is 1.69. The molecule has 20 heavy (non-hydrogen) atoms. The molecule has 0 saturated heterocycles. The van der Waals surface area contributed by atoms with Crippen LogP contribution in [0.5, 0.6) is 0 Å². The van der Waals surface area contributed by atoms with Crippen molar-refractivity contribution in [1.29, 1.82) is 0 Å². The molecule has 0 unspecified atom stereocenters. The van der Waals surface area contributed by atoms with E-state index in [1.807, 2.05) is 36.6 Å². The molecule has 0 fully saturated rings. The fraction of sp³-hybridized carbons (Fsp3) is 0.286. The van der Waals surface area contributed by atoms with Gasteiger partial charge in [-0.2, -0.15) is 0 Å². The summed E-state index contributed by atoms with van der Waals surface area (Å²) >= 11 is 9.23. The van der Waals surface area contributed by atoms with Crippen LogP contribution in [0.1, 0.15) is 16.3 Å². The molecule has 0 aliphatic rings. The SMILES string of the molecule is Cc1nc(CSCC(=O)NCc2ccccc2Cl)cs1. The van der Waals surface area contributed by atoms with Gasteiger partial charge < -0.3 is 5.32 Å². The number of benzene rings is 1. The first kappa shape index (κ1) is 15.4. The standard InChI is InChI=1S/C14H15ClN2OS2/c1-10-17-12(8-20-10)7-19-9-14(18)16-6-11-4-2-3-5-13(11)15/h2-5,8H,6-7,9H2,1H3,(H,16,18). The summed E-state index contributed by atoms with van der Waals surface area (Å²) in [7, 11) is 0. The van der Waals surface area contributed by atoms with Crippen LogP contribution in [0.15, 0.2) is 29.6 Å². The molecular weight excluding hydrogens is 312 g/mol. The average Bonchev–Trinajstić information content (AvgIpc) is 2.83. The molecule has 1 aromatic carbocycles. The molecule has 1 N–H and O–H groups in total. The number of carbonyl (C=O) groups excluding carboxylic acids is 1. The molecule has 106 valence electrons. The van der Waals surface area contributed by atoms with Crippen LogP contribution in [0, 0.1) is 6.92 Å². The van der Waals surface area contributed by atoms with Gasteiger partial charge in [0.25, 0.3) is 0 Å². The highest BCUT2D eigenvalue weighted by atomic mass is 35.5. The van der Waals surface area contributed by atoms with Gasteiger partial charge in [-0.05, 0) is 18.6 Å². The average molecular weight is 327 g/mol. The lowest BCUT2D eigenvalue weighted by Crippen LogP contribution is -2.24. The lowest BCUT2D eigenvalue weighted by Gasteiger charge is -2.06. The van der Waals surface area contributed by atoms with Crippen molar-refractivity contribution in [2.75, 3.05) is 5.75 Å². The Morgan fingerprint density at radius 3 is 2.95 bits per heavy atom. The summed E-state index contributed by atoms with van der Waals surface area (Å²) in [5.74, 6) is 1.21. The zero-order chi connectivity index (χ0) is 14.4. The second kappa shape index (κ2) is 7.67. The second-order valence-electron chi connectivity index (χ2n) is 4.22. The molecule has 2 aromatic rings. The van der Waals surface area contributed by atoms with Crippen LogP contribution in [0.4, 0.5) is 0 Å². The fourth-order valence-corrected chi connectivity index (χ4v) is 3.28. The van der Waals surface area contributed by atoms with Crippen molar-refractivity contribution in [3.05, 3.63) is 50.9 Å².